The van der Waals surface area contributed by atoms with Gasteiger partial charge in [0.15, 0.2) is 0 Å². The van der Waals surface area contributed by atoms with E-state index in [1.165, 1.54) is 4.31 Å². The molecule has 0 atom stereocenters. The zero-order valence-corrected chi connectivity index (χ0v) is 21.1. The number of pyridine rings is 1. The molecule has 0 aliphatic carbocycles. The average molecular weight is 486 g/mol. The number of nitrogens with zero attached hydrogens (tertiary/aromatic N) is 4. The first kappa shape index (κ1) is 24.6. The normalized spacial score (nSPS) is 18.7. The number of aromatic nitrogens is 1. The van der Waals surface area contributed by atoms with Gasteiger partial charge < -0.3 is 15.1 Å². The number of rotatable bonds is 6. The molecule has 4 rings (SSSR count). The number of carbonyl (C=O) groups is 1. The van der Waals surface area contributed by atoms with Crippen LogP contribution in [-0.2, 0) is 21.4 Å². The lowest BCUT2D eigenvalue weighted by Gasteiger charge is -2.33. The zero-order chi connectivity index (χ0) is 24.3. The number of benzene rings is 1. The highest BCUT2D eigenvalue weighted by Gasteiger charge is 2.32. The summed E-state index contributed by atoms with van der Waals surface area (Å²) in [4.78, 5) is 22.2. The molecule has 2 aromatic rings. The fourth-order valence-corrected chi connectivity index (χ4v) is 6.05. The molecule has 1 aromatic carbocycles. The second-order valence-corrected chi connectivity index (χ2v) is 11.4. The van der Waals surface area contributed by atoms with Crippen molar-refractivity contribution in [2.24, 2.45) is 5.92 Å². The number of piperazine rings is 1. The van der Waals surface area contributed by atoms with Crippen molar-refractivity contribution in [3.63, 3.8) is 0 Å². The highest BCUT2D eigenvalue weighted by atomic mass is 32.2. The first-order valence-electron chi connectivity index (χ1n) is 12.0. The van der Waals surface area contributed by atoms with Gasteiger partial charge in [-0.3, -0.25) is 4.79 Å². The van der Waals surface area contributed by atoms with Gasteiger partial charge in [-0.25, -0.2) is 13.4 Å². The molecule has 0 radical (unpaired) electrons. The van der Waals surface area contributed by atoms with Crippen molar-refractivity contribution in [3.05, 3.63) is 53.2 Å². The van der Waals surface area contributed by atoms with Crippen LogP contribution in [0.5, 0.6) is 0 Å². The SMILES string of the molecule is Cc1ccc(S(=O)(=O)N2CCC(C(=O)NCc3ccnc(N4CCN(C)CC4)c3)CC2)cc1C. The number of anilines is 1. The van der Waals surface area contributed by atoms with Crippen LogP contribution in [-0.4, -0.2) is 74.8 Å². The average Bonchev–Trinajstić information content (AvgIpc) is 2.85. The summed E-state index contributed by atoms with van der Waals surface area (Å²) in [6.45, 7) is 8.97. The maximum absolute atomic E-state index is 13.0. The van der Waals surface area contributed by atoms with E-state index in [0.29, 0.717) is 37.4 Å². The molecule has 0 bridgehead atoms. The Morgan fingerprint density at radius 3 is 2.38 bits per heavy atom. The molecular formula is C25H35N5O3S. The van der Waals surface area contributed by atoms with E-state index in [9.17, 15) is 13.2 Å². The van der Waals surface area contributed by atoms with Crippen molar-refractivity contribution in [1.29, 1.82) is 0 Å². The van der Waals surface area contributed by atoms with Gasteiger partial charge in [-0.2, -0.15) is 4.31 Å². The number of amides is 1. The van der Waals surface area contributed by atoms with Crippen LogP contribution >= 0.6 is 0 Å². The van der Waals surface area contributed by atoms with E-state index in [4.69, 9.17) is 0 Å². The van der Waals surface area contributed by atoms with E-state index in [0.717, 1.165) is 48.7 Å². The van der Waals surface area contributed by atoms with Crippen LogP contribution in [0.3, 0.4) is 0 Å². The Bertz CT molecular complexity index is 1120. The molecule has 2 saturated heterocycles. The van der Waals surface area contributed by atoms with Crippen LogP contribution in [0.2, 0.25) is 0 Å². The number of hydrogen-bond donors (Lipinski definition) is 1. The van der Waals surface area contributed by atoms with E-state index in [1.807, 2.05) is 32.0 Å². The van der Waals surface area contributed by atoms with Crippen LogP contribution in [0.1, 0.15) is 29.5 Å². The lowest BCUT2D eigenvalue weighted by atomic mass is 9.97. The van der Waals surface area contributed by atoms with Crippen LogP contribution in [0.25, 0.3) is 0 Å². The molecule has 2 fully saturated rings. The number of likely N-dealkylation sites (N-methyl/N-ethyl adjacent to an activating group) is 1. The van der Waals surface area contributed by atoms with Gasteiger partial charge in [0.1, 0.15) is 5.82 Å². The van der Waals surface area contributed by atoms with Crippen LogP contribution in [0.15, 0.2) is 41.4 Å². The number of carbonyl (C=O) groups excluding carboxylic acids is 1. The third-order valence-electron chi connectivity index (χ3n) is 7.04. The van der Waals surface area contributed by atoms with Gasteiger partial charge in [-0.1, -0.05) is 6.07 Å². The van der Waals surface area contributed by atoms with Crippen molar-refractivity contribution in [3.8, 4) is 0 Å². The summed E-state index contributed by atoms with van der Waals surface area (Å²) in [5, 5.41) is 3.04. The largest absolute Gasteiger partial charge is 0.354 e. The molecule has 0 saturated carbocycles. The highest BCUT2D eigenvalue weighted by molar-refractivity contribution is 7.89. The number of nitrogens with one attached hydrogen (secondary N) is 1. The van der Waals surface area contributed by atoms with Gasteiger partial charge in [0.2, 0.25) is 15.9 Å². The molecule has 2 aliphatic heterocycles. The number of hydrogen-bond acceptors (Lipinski definition) is 6. The van der Waals surface area contributed by atoms with Crippen LogP contribution in [0, 0.1) is 19.8 Å². The van der Waals surface area contributed by atoms with Gasteiger partial charge in [-0.15, -0.1) is 0 Å². The molecule has 184 valence electrons. The number of aryl methyl sites for hydroxylation is 2. The summed E-state index contributed by atoms with van der Waals surface area (Å²) in [6, 6.07) is 9.22. The summed E-state index contributed by atoms with van der Waals surface area (Å²) in [6.07, 6.45) is 2.85. The molecule has 0 unspecified atom stereocenters. The van der Waals surface area contributed by atoms with Crippen molar-refractivity contribution in [1.82, 2.24) is 19.5 Å². The molecule has 34 heavy (non-hydrogen) atoms. The van der Waals surface area contributed by atoms with Crippen LogP contribution < -0.4 is 10.2 Å². The molecule has 2 aliphatic rings. The van der Waals surface area contributed by atoms with Crippen LogP contribution in [0.4, 0.5) is 5.82 Å². The molecule has 1 aromatic heterocycles. The lowest BCUT2D eigenvalue weighted by Crippen LogP contribution is -2.44. The minimum absolute atomic E-state index is 0.0128. The van der Waals surface area contributed by atoms with E-state index in [2.05, 4.69) is 27.1 Å². The molecule has 9 heteroatoms. The van der Waals surface area contributed by atoms with Gasteiger partial charge >= 0.3 is 0 Å². The highest BCUT2D eigenvalue weighted by Crippen LogP contribution is 2.25. The molecule has 1 amide bonds. The van der Waals surface area contributed by atoms with Crippen molar-refractivity contribution in [2.75, 3.05) is 51.2 Å². The Morgan fingerprint density at radius 1 is 1.00 bits per heavy atom. The summed E-state index contributed by atoms with van der Waals surface area (Å²) >= 11 is 0. The Hall–Kier alpha value is -2.49. The minimum atomic E-state index is -3.54. The summed E-state index contributed by atoms with van der Waals surface area (Å²) in [5.74, 6) is 0.760. The van der Waals surface area contributed by atoms with Gasteiger partial charge in [-0.05, 0) is 74.7 Å². The lowest BCUT2D eigenvalue weighted by molar-refractivity contribution is -0.126. The third-order valence-corrected chi connectivity index (χ3v) is 8.94. The van der Waals surface area contributed by atoms with E-state index >= 15 is 0 Å². The minimum Gasteiger partial charge on any atom is -0.354 e. The second-order valence-electron chi connectivity index (χ2n) is 9.45. The summed E-state index contributed by atoms with van der Waals surface area (Å²) in [5.41, 5.74) is 3.05. The topological polar surface area (TPSA) is 85.8 Å². The first-order valence-corrected chi connectivity index (χ1v) is 13.4. The first-order chi connectivity index (χ1) is 16.2. The Balaban J connectivity index is 1.29. The summed E-state index contributed by atoms with van der Waals surface area (Å²) < 4.78 is 27.6. The Kier molecular flexibility index (Phi) is 7.54. The fraction of sp³-hybridized carbons (Fsp3) is 0.520. The van der Waals surface area contributed by atoms with Gasteiger partial charge in [0, 0.05) is 57.9 Å². The van der Waals surface area contributed by atoms with Gasteiger partial charge in [0.05, 0.1) is 4.90 Å². The Morgan fingerprint density at radius 2 is 1.71 bits per heavy atom. The molecule has 0 spiro atoms. The Labute approximate surface area is 203 Å². The quantitative estimate of drug-likeness (QED) is 0.675. The molecular weight excluding hydrogens is 450 g/mol. The van der Waals surface area contributed by atoms with E-state index in [1.54, 1.807) is 18.3 Å². The number of piperidine rings is 1. The molecule has 1 N–H and O–H groups in total. The van der Waals surface area contributed by atoms with Crippen molar-refractivity contribution < 1.29 is 13.2 Å². The van der Waals surface area contributed by atoms with E-state index < -0.39 is 10.0 Å². The smallest absolute Gasteiger partial charge is 0.243 e. The van der Waals surface area contributed by atoms with Crippen molar-refractivity contribution >= 4 is 21.7 Å². The maximum Gasteiger partial charge on any atom is 0.243 e. The van der Waals surface area contributed by atoms with Gasteiger partial charge in [0.25, 0.3) is 0 Å². The predicted molar refractivity (Wildman–Crippen MR) is 133 cm³/mol. The van der Waals surface area contributed by atoms with E-state index in [-0.39, 0.29) is 11.8 Å². The monoisotopic (exact) mass is 485 g/mol. The number of sulfonamides is 1. The summed E-state index contributed by atoms with van der Waals surface area (Å²) in [7, 11) is -1.41. The van der Waals surface area contributed by atoms with Crippen molar-refractivity contribution in [2.45, 2.75) is 38.1 Å². The third kappa shape index (κ3) is 5.59. The molecule has 8 nitrogen and oxygen atoms in total. The maximum atomic E-state index is 13.0. The second kappa shape index (κ2) is 10.4. The predicted octanol–water partition coefficient (Wildman–Crippen LogP) is 2.17. The fourth-order valence-electron chi connectivity index (χ4n) is 4.49. The standard InChI is InChI=1S/C25H35N5O3S/c1-19-4-5-23(16-20(19)2)34(32,33)30-10-7-22(8-11-30)25(31)27-18-21-6-9-26-24(17-21)29-14-12-28(3)13-15-29/h4-6,9,16-17,22H,7-8,10-15,18H2,1-3H3,(H,27,31). The zero-order valence-electron chi connectivity index (χ0n) is 20.3. The molecule has 3 heterocycles.